The summed E-state index contributed by atoms with van der Waals surface area (Å²) in [5.74, 6) is 0.249. The second kappa shape index (κ2) is 4.31. The van der Waals surface area contributed by atoms with Crippen molar-refractivity contribution in [3.05, 3.63) is 34.6 Å². The lowest BCUT2D eigenvalue weighted by molar-refractivity contribution is -0.118. The fourth-order valence-corrected chi connectivity index (χ4v) is 1.84. The Morgan fingerprint density at radius 3 is 2.80 bits per heavy atom. The summed E-state index contributed by atoms with van der Waals surface area (Å²) in [4.78, 5) is 11.5. The van der Waals surface area contributed by atoms with Crippen molar-refractivity contribution >= 4 is 17.4 Å². The molecule has 3 heteroatoms. The van der Waals surface area contributed by atoms with E-state index in [0.717, 1.165) is 12.8 Å². The Kier molecular flexibility index (Phi) is 3.06. The summed E-state index contributed by atoms with van der Waals surface area (Å²) in [5.41, 5.74) is 0.338. The van der Waals surface area contributed by atoms with Crippen molar-refractivity contribution in [1.82, 2.24) is 0 Å². The normalized spacial score (nSPS) is 15.3. The van der Waals surface area contributed by atoms with E-state index in [1.165, 1.54) is 6.07 Å². The molecule has 1 aromatic carbocycles. The number of carbonyl (C=O) groups excluding carboxylic acids is 1. The van der Waals surface area contributed by atoms with E-state index in [-0.39, 0.29) is 18.0 Å². The van der Waals surface area contributed by atoms with E-state index in [2.05, 4.69) is 0 Å². The molecule has 0 N–H and O–H groups in total. The van der Waals surface area contributed by atoms with Gasteiger partial charge in [0.25, 0.3) is 0 Å². The highest BCUT2D eigenvalue weighted by Crippen LogP contribution is 2.33. The number of hydrogen-bond donors (Lipinski definition) is 0. The molecule has 1 saturated carbocycles. The second-order valence-electron chi connectivity index (χ2n) is 4.06. The van der Waals surface area contributed by atoms with Gasteiger partial charge >= 0.3 is 0 Å². The minimum absolute atomic E-state index is 0.0875. The molecule has 0 aromatic heterocycles. The molecule has 0 amide bonds. The summed E-state index contributed by atoms with van der Waals surface area (Å²) < 4.78 is 13.3. The number of ketones is 1. The second-order valence-corrected chi connectivity index (χ2v) is 4.47. The highest BCUT2D eigenvalue weighted by Gasteiger charge is 2.25. The fraction of sp³-hybridized carbons (Fsp3) is 0.417. The average Bonchev–Trinajstić information content (AvgIpc) is 2.95. The van der Waals surface area contributed by atoms with Gasteiger partial charge in [-0.05, 0) is 30.9 Å². The molecule has 0 spiro atoms. The van der Waals surface area contributed by atoms with Gasteiger partial charge in [0.1, 0.15) is 11.6 Å². The van der Waals surface area contributed by atoms with Crippen molar-refractivity contribution in [2.75, 3.05) is 0 Å². The largest absolute Gasteiger partial charge is 0.299 e. The van der Waals surface area contributed by atoms with Crippen molar-refractivity contribution in [2.45, 2.75) is 25.7 Å². The molecule has 1 aliphatic rings. The summed E-state index contributed by atoms with van der Waals surface area (Å²) in [6, 6.07) is 4.50. The summed E-state index contributed by atoms with van der Waals surface area (Å²) in [6.45, 7) is 0. The Labute approximate surface area is 93.2 Å². The summed E-state index contributed by atoms with van der Waals surface area (Å²) in [7, 11) is 0. The van der Waals surface area contributed by atoms with E-state index >= 15 is 0 Å². The van der Waals surface area contributed by atoms with Crippen LogP contribution in [0.15, 0.2) is 18.2 Å². The maximum Gasteiger partial charge on any atom is 0.137 e. The number of Topliss-reactive ketones (excluding diaryl/α,β-unsaturated/α-hetero) is 1. The molecule has 0 atom stereocenters. The standard InChI is InChI=1S/C12H12ClFO/c13-11-2-1-3-12(14)10(11)7-9(15)6-8-4-5-8/h1-3,8H,4-7H2. The van der Waals surface area contributed by atoms with Crippen molar-refractivity contribution in [3.63, 3.8) is 0 Å². The van der Waals surface area contributed by atoms with Gasteiger partial charge < -0.3 is 0 Å². The summed E-state index contributed by atoms with van der Waals surface area (Å²) in [6.07, 6.45) is 2.97. The molecule has 15 heavy (non-hydrogen) atoms. The first-order chi connectivity index (χ1) is 7.16. The summed E-state index contributed by atoms with van der Waals surface area (Å²) >= 11 is 5.83. The van der Waals surface area contributed by atoms with Gasteiger partial charge in [0, 0.05) is 23.4 Å². The van der Waals surface area contributed by atoms with Gasteiger partial charge in [-0.1, -0.05) is 17.7 Å². The van der Waals surface area contributed by atoms with Crippen LogP contribution in [0.5, 0.6) is 0 Å². The van der Waals surface area contributed by atoms with Gasteiger partial charge in [0.05, 0.1) is 0 Å². The van der Waals surface area contributed by atoms with Crippen molar-refractivity contribution < 1.29 is 9.18 Å². The number of carbonyl (C=O) groups is 1. The quantitative estimate of drug-likeness (QED) is 0.769. The predicted octanol–water partition coefficient (Wildman–Crippen LogP) is 3.39. The maximum absolute atomic E-state index is 13.3. The first-order valence-corrected chi connectivity index (χ1v) is 5.49. The zero-order valence-electron chi connectivity index (χ0n) is 8.30. The van der Waals surface area contributed by atoms with E-state index in [4.69, 9.17) is 11.6 Å². The van der Waals surface area contributed by atoms with Crippen LogP contribution in [0, 0.1) is 11.7 Å². The molecule has 1 nitrogen and oxygen atoms in total. The Balaban J connectivity index is 2.05. The van der Waals surface area contributed by atoms with Crippen molar-refractivity contribution in [3.8, 4) is 0 Å². The predicted molar refractivity (Wildman–Crippen MR) is 57.5 cm³/mol. The van der Waals surface area contributed by atoms with Gasteiger partial charge in [-0.15, -0.1) is 0 Å². The molecule has 0 unspecified atom stereocenters. The zero-order chi connectivity index (χ0) is 10.8. The van der Waals surface area contributed by atoms with E-state index in [9.17, 15) is 9.18 Å². The lowest BCUT2D eigenvalue weighted by Crippen LogP contribution is -2.05. The molecule has 0 saturated heterocycles. The Morgan fingerprint density at radius 1 is 1.47 bits per heavy atom. The van der Waals surface area contributed by atoms with E-state index < -0.39 is 0 Å². The Morgan fingerprint density at radius 2 is 2.20 bits per heavy atom. The SMILES string of the molecule is O=C(Cc1c(F)cccc1Cl)CC1CC1. The Hall–Kier alpha value is -0.890. The molecule has 1 fully saturated rings. The molecular formula is C12H12ClFO. The number of hydrogen-bond acceptors (Lipinski definition) is 1. The van der Waals surface area contributed by atoms with Gasteiger partial charge in [0.2, 0.25) is 0 Å². The van der Waals surface area contributed by atoms with Gasteiger partial charge in [-0.3, -0.25) is 4.79 Å². The molecule has 1 aliphatic carbocycles. The third-order valence-electron chi connectivity index (χ3n) is 2.65. The van der Waals surface area contributed by atoms with Crippen LogP contribution < -0.4 is 0 Å². The highest BCUT2D eigenvalue weighted by atomic mass is 35.5. The first-order valence-electron chi connectivity index (χ1n) is 5.11. The van der Waals surface area contributed by atoms with Crippen LogP contribution in [0.3, 0.4) is 0 Å². The lowest BCUT2D eigenvalue weighted by atomic mass is 10.0. The smallest absolute Gasteiger partial charge is 0.137 e. The number of halogens is 2. The summed E-state index contributed by atoms with van der Waals surface area (Å²) in [5, 5.41) is 0.346. The molecule has 80 valence electrons. The third kappa shape index (κ3) is 2.78. The maximum atomic E-state index is 13.3. The lowest BCUT2D eigenvalue weighted by Gasteiger charge is -2.04. The molecule has 1 aromatic rings. The van der Waals surface area contributed by atoms with E-state index in [0.29, 0.717) is 22.9 Å². The molecule has 0 heterocycles. The molecule has 0 radical (unpaired) electrons. The molecule has 0 bridgehead atoms. The fourth-order valence-electron chi connectivity index (χ4n) is 1.61. The van der Waals surface area contributed by atoms with E-state index in [1.807, 2.05) is 0 Å². The van der Waals surface area contributed by atoms with Gasteiger partial charge in [-0.2, -0.15) is 0 Å². The van der Waals surface area contributed by atoms with E-state index in [1.54, 1.807) is 12.1 Å². The van der Waals surface area contributed by atoms with Crippen molar-refractivity contribution in [2.24, 2.45) is 5.92 Å². The first kappa shape index (κ1) is 10.6. The van der Waals surface area contributed by atoms with Crippen LogP contribution in [0.4, 0.5) is 4.39 Å². The van der Waals surface area contributed by atoms with Gasteiger partial charge in [0.15, 0.2) is 0 Å². The minimum atomic E-state index is -0.383. The van der Waals surface area contributed by atoms with Crippen LogP contribution in [-0.4, -0.2) is 5.78 Å². The zero-order valence-corrected chi connectivity index (χ0v) is 9.06. The number of benzene rings is 1. The van der Waals surface area contributed by atoms with Crippen LogP contribution in [-0.2, 0) is 11.2 Å². The molecular weight excluding hydrogens is 215 g/mol. The highest BCUT2D eigenvalue weighted by molar-refractivity contribution is 6.31. The van der Waals surface area contributed by atoms with Crippen LogP contribution >= 0.6 is 11.6 Å². The topological polar surface area (TPSA) is 17.1 Å². The van der Waals surface area contributed by atoms with Gasteiger partial charge in [-0.25, -0.2) is 4.39 Å². The minimum Gasteiger partial charge on any atom is -0.299 e. The third-order valence-corrected chi connectivity index (χ3v) is 3.00. The van der Waals surface area contributed by atoms with Crippen LogP contribution in [0.2, 0.25) is 5.02 Å². The number of rotatable bonds is 4. The van der Waals surface area contributed by atoms with Crippen LogP contribution in [0.1, 0.15) is 24.8 Å². The molecule has 0 aliphatic heterocycles. The average molecular weight is 227 g/mol. The monoisotopic (exact) mass is 226 g/mol. The van der Waals surface area contributed by atoms with Crippen LogP contribution in [0.25, 0.3) is 0 Å². The molecule has 2 rings (SSSR count). The van der Waals surface area contributed by atoms with Crippen molar-refractivity contribution in [1.29, 1.82) is 0 Å². The Bertz CT molecular complexity index is 365.